The number of rotatable bonds is 5. The van der Waals surface area contributed by atoms with Crippen LogP contribution in [0.3, 0.4) is 0 Å². The fourth-order valence-corrected chi connectivity index (χ4v) is 4.59. The number of benzene rings is 4. The molecule has 0 bridgehead atoms. The molecule has 1 heterocycles. The molecule has 0 fully saturated rings. The van der Waals surface area contributed by atoms with Crippen LogP contribution in [-0.2, 0) is 0 Å². The Morgan fingerprint density at radius 3 is 2.06 bits per heavy atom. The topological polar surface area (TPSA) is 49.9 Å². The minimum atomic E-state index is -0.931. The molecule has 4 aromatic rings. The fourth-order valence-electron chi connectivity index (χ4n) is 4.46. The molecule has 1 aliphatic rings. The van der Waals surface area contributed by atoms with Gasteiger partial charge in [0.1, 0.15) is 11.8 Å². The average Bonchev–Trinajstić information content (AvgIpc) is 2.91. The number of halogens is 1. The van der Waals surface area contributed by atoms with Crippen molar-refractivity contribution in [2.45, 2.75) is 12.1 Å². The van der Waals surface area contributed by atoms with E-state index in [-0.39, 0.29) is 11.7 Å². The quantitative estimate of drug-likeness (QED) is 0.319. The molecule has 5 rings (SSSR count). The molecule has 180 valence electrons. The largest absolute Gasteiger partial charge is 0.482 e. The molecule has 1 amide bonds. The number of Topliss-reactive ketones (excluding diaryl/α,β-unsaturated/α-hetero) is 1. The van der Waals surface area contributed by atoms with Crippen LogP contribution in [0, 0.1) is 0 Å². The Kier molecular flexibility index (Phi) is 6.49. The molecule has 6 heteroatoms. The highest BCUT2D eigenvalue weighted by atomic mass is 35.5. The van der Waals surface area contributed by atoms with Crippen LogP contribution in [-0.4, -0.2) is 31.8 Å². The number of fused-ring (bicyclic) bond motifs is 1. The van der Waals surface area contributed by atoms with E-state index in [2.05, 4.69) is 0 Å². The highest BCUT2D eigenvalue weighted by molar-refractivity contribution is 6.30. The van der Waals surface area contributed by atoms with Gasteiger partial charge >= 0.3 is 0 Å². The second-order valence-electron chi connectivity index (χ2n) is 8.85. The number of anilines is 2. The van der Waals surface area contributed by atoms with Gasteiger partial charge in [0.2, 0.25) is 0 Å². The third-order valence-electron chi connectivity index (χ3n) is 6.32. The molecule has 0 aliphatic carbocycles. The van der Waals surface area contributed by atoms with Gasteiger partial charge in [-0.1, -0.05) is 54.1 Å². The molecule has 0 radical (unpaired) electrons. The summed E-state index contributed by atoms with van der Waals surface area (Å²) >= 11 is 6.16. The Morgan fingerprint density at radius 1 is 0.778 bits per heavy atom. The van der Waals surface area contributed by atoms with E-state index in [1.807, 2.05) is 55.4 Å². The van der Waals surface area contributed by atoms with Crippen molar-refractivity contribution in [1.82, 2.24) is 0 Å². The van der Waals surface area contributed by atoms with Crippen LogP contribution in [0.1, 0.15) is 32.4 Å². The van der Waals surface area contributed by atoms with Crippen molar-refractivity contribution < 1.29 is 14.3 Å². The van der Waals surface area contributed by atoms with Gasteiger partial charge in [-0.25, -0.2) is 0 Å². The zero-order chi connectivity index (χ0) is 25.2. The van der Waals surface area contributed by atoms with Crippen molar-refractivity contribution in [1.29, 1.82) is 0 Å². The standard InChI is InChI=1S/C30H25ClN2O3/c1-32(2)23-16-12-20(13-17-23)29-27(28(34)25-10-6-7-11-26(25)36-29)33(24-18-14-22(31)15-19-24)30(35)21-8-4-3-5-9-21/h3-19,27,29H,1-2H3. The highest BCUT2D eigenvalue weighted by Gasteiger charge is 2.44. The molecule has 5 nitrogen and oxygen atoms in total. The highest BCUT2D eigenvalue weighted by Crippen LogP contribution is 2.40. The molecular weight excluding hydrogens is 472 g/mol. The third-order valence-corrected chi connectivity index (χ3v) is 6.57. The van der Waals surface area contributed by atoms with Crippen LogP contribution in [0.15, 0.2) is 103 Å². The summed E-state index contributed by atoms with van der Waals surface area (Å²) in [5, 5.41) is 0.540. The molecular formula is C30H25ClN2O3. The average molecular weight is 497 g/mol. The Hall–Kier alpha value is -4.09. The molecule has 0 spiro atoms. The molecule has 2 unspecified atom stereocenters. The summed E-state index contributed by atoms with van der Waals surface area (Å²) in [4.78, 5) is 31.6. The zero-order valence-corrected chi connectivity index (χ0v) is 20.7. The van der Waals surface area contributed by atoms with Crippen LogP contribution in [0.25, 0.3) is 0 Å². The SMILES string of the molecule is CN(C)c1ccc(C2Oc3ccccc3C(=O)C2N(C(=O)c2ccccc2)c2ccc(Cl)cc2)cc1. The van der Waals surface area contributed by atoms with Gasteiger partial charge in [-0.3, -0.25) is 14.5 Å². The molecule has 0 saturated carbocycles. The van der Waals surface area contributed by atoms with Crippen molar-refractivity contribution in [3.05, 3.63) is 125 Å². The van der Waals surface area contributed by atoms with Gasteiger partial charge in [-0.15, -0.1) is 0 Å². The van der Waals surface area contributed by atoms with Gasteiger partial charge in [0, 0.05) is 36.1 Å². The summed E-state index contributed by atoms with van der Waals surface area (Å²) in [5.74, 6) is 0.0237. The van der Waals surface area contributed by atoms with Crippen LogP contribution in [0.4, 0.5) is 11.4 Å². The van der Waals surface area contributed by atoms with Gasteiger partial charge in [0.15, 0.2) is 11.9 Å². The lowest BCUT2D eigenvalue weighted by molar-refractivity contribution is 0.0730. The minimum absolute atomic E-state index is 0.183. The number of ether oxygens (including phenoxy) is 1. The van der Waals surface area contributed by atoms with E-state index < -0.39 is 12.1 Å². The van der Waals surface area contributed by atoms with Gasteiger partial charge in [-0.05, 0) is 66.2 Å². The summed E-state index contributed by atoms with van der Waals surface area (Å²) in [6, 6.07) is 30.0. The number of ketones is 1. The molecule has 4 aromatic carbocycles. The van der Waals surface area contributed by atoms with Crippen LogP contribution in [0.5, 0.6) is 5.75 Å². The first-order valence-corrected chi connectivity index (χ1v) is 12.0. The number of nitrogens with zero attached hydrogens (tertiary/aromatic N) is 2. The van der Waals surface area contributed by atoms with Gasteiger partial charge in [0.25, 0.3) is 5.91 Å². The van der Waals surface area contributed by atoms with E-state index in [0.29, 0.717) is 27.6 Å². The van der Waals surface area contributed by atoms with E-state index >= 15 is 0 Å². The predicted molar refractivity (Wildman–Crippen MR) is 143 cm³/mol. The maximum atomic E-state index is 14.1. The smallest absolute Gasteiger partial charge is 0.259 e. The van der Waals surface area contributed by atoms with Gasteiger partial charge in [-0.2, -0.15) is 0 Å². The van der Waals surface area contributed by atoms with E-state index in [1.54, 1.807) is 66.7 Å². The van der Waals surface area contributed by atoms with Crippen LogP contribution >= 0.6 is 11.6 Å². The Labute approximate surface area is 215 Å². The summed E-state index contributed by atoms with van der Waals surface area (Å²) in [7, 11) is 3.94. The lowest BCUT2D eigenvalue weighted by Gasteiger charge is -2.39. The number of hydrogen-bond donors (Lipinski definition) is 0. The monoisotopic (exact) mass is 496 g/mol. The van der Waals surface area contributed by atoms with E-state index in [0.717, 1.165) is 11.3 Å². The Morgan fingerprint density at radius 2 is 1.39 bits per heavy atom. The van der Waals surface area contributed by atoms with Crippen molar-refractivity contribution >= 4 is 34.7 Å². The first-order valence-electron chi connectivity index (χ1n) is 11.7. The van der Waals surface area contributed by atoms with E-state index in [4.69, 9.17) is 16.3 Å². The third kappa shape index (κ3) is 4.45. The first kappa shape index (κ1) is 23.6. The van der Waals surface area contributed by atoms with E-state index in [9.17, 15) is 9.59 Å². The fraction of sp³-hybridized carbons (Fsp3) is 0.133. The maximum absolute atomic E-state index is 14.1. The number of para-hydroxylation sites is 1. The second-order valence-corrected chi connectivity index (χ2v) is 9.28. The maximum Gasteiger partial charge on any atom is 0.259 e. The van der Waals surface area contributed by atoms with Crippen molar-refractivity contribution in [2.24, 2.45) is 0 Å². The van der Waals surface area contributed by atoms with E-state index in [1.165, 1.54) is 4.90 Å². The lowest BCUT2D eigenvalue weighted by atomic mass is 9.89. The van der Waals surface area contributed by atoms with Crippen molar-refractivity contribution in [2.75, 3.05) is 23.9 Å². The predicted octanol–water partition coefficient (Wildman–Crippen LogP) is 6.44. The van der Waals surface area contributed by atoms with Crippen LogP contribution < -0.4 is 14.5 Å². The minimum Gasteiger partial charge on any atom is -0.482 e. The summed E-state index contributed by atoms with van der Waals surface area (Å²) in [5.41, 5.74) is 3.30. The molecule has 0 aromatic heterocycles. The summed E-state index contributed by atoms with van der Waals surface area (Å²) in [6.07, 6.45) is -0.716. The number of carbonyl (C=O) groups excluding carboxylic acids is 2. The Balaban J connectivity index is 1.68. The normalized spacial score (nSPS) is 16.6. The van der Waals surface area contributed by atoms with Crippen molar-refractivity contribution in [3.8, 4) is 5.75 Å². The molecule has 0 N–H and O–H groups in total. The summed E-state index contributed by atoms with van der Waals surface area (Å²) in [6.45, 7) is 0. The second kappa shape index (κ2) is 9.88. The molecule has 1 aliphatic heterocycles. The number of carbonyl (C=O) groups is 2. The number of hydrogen-bond acceptors (Lipinski definition) is 4. The molecule has 36 heavy (non-hydrogen) atoms. The first-order chi connectivity index (χ1) is 17.4. The van der Waals surface area contributed by atoms with Crippen molar-refractivity contribution in [3.63, 3.8) is 0 Å². The number of amides is 1. The molecule has 0 saturated heterocycles. The Bertz CT molecular complexity index is 1390. The lowest BCUT2D eigenvalue weighted by Crippen LogP contribution is -2.52. The van der Waals surface area contributed by atoms with Gasteiger partial charge < -0.3 is 9.64 Å². The summed E-state index contributed by atoms with van der Waals surface area (Å²) < 4.78 is 6.46. The van der Waals surface area contributed by atoms with Gasteiger partial charge in [0.05, 0.1) is 5.56 Å². The zero-order valence-electron chi connectivity index (χ0n) is 20.0. The molecule has 2 atom stereocenters. The van der Waals surface area contributed by atoms with Crippen LogP contribution in [0.2, 0.25) is 5.02 Å².